The van der Waals surface area contributed by atoms with Crippen LogP contribution in [-0.2, 0) is 5.41 Å². The maximum Gasteiger partial charge on any atom is 0.0640 e. The predicted molar refractivity (Wildman–Crippen MR) is 231 cm³/mol. The Balaban J connectivity index is 1.11. The van der Waals surface area contributed by atoms with Crippen LogP contribution < -0.4 is 4.90 Å². The molecule has 0 N–H and O–H groups in total. The molecular formula is C51H36N2S. The first kappa shape index (κ1) is 31.1. The number of anilines is 3. The fourth-order valence-electron chi connectivity index (χ4n) is 9.06. The molecule has 0 saturated carbocycles. The minimum Gasteiger partial charge on any atom is -0.309 e. The summed E-state index contributed by atoms with van der Waals surface area (Å²) < 4.78 is 4.98. The first-order valence-corrected chi connectivity index (χ1v) is 19.5. The summed E-state index contributed by atoms with van der Waals surface area (Å²) in [7, 11) is 0. The molecule has 256 valence electrons. The molecule has 0 atom stereocenters. The fourth-order valence-corrected chi connectivity index (χ4v) is 10.4. The topological polar surface area (TPSA) is 8.17 Å². The second-order valence-corrected chi connectivity index (χ2v) is 16.0. The lowest BCUT2D eigenvalue weighted by Gasteiger charge is -2.27. The first-order valence-electron chi connectivity index (χ1n) is 18.7. The van der Waals surface area contributed by atoms with E-state index < -0.39 is 0 Å². The summed E-state index contributed by atoms with van der Waals surface area (Å²) in [6.45, 7) is 4.70. The van der Waals surface area contributed by atoms with Gasteiger partial charge in [-0.1, -0.05) is 135 Å². The van der Waals surface area contributed by atoms with Crippen LogP contribution in [0.15, 0.2) is 182 Å². The molecule has 0 aliphatic heterocycles. The average Bonchev–Trinajstić information content (AvgIpc) is 3.85. The van der Waals surface area contributed by atoms with Crippen LogP contribution in [0.25, 0.3) is 69.9 Å². The molecule has 3 heteroatoms. The minimum atomic E-state index is -0.0383. The zero-order valence-corrected chi connectivity index (χ0v) is 30.9. The summed E-state index contributed by atoms with van der Waals surface area (Å²) in [5.41, 5.74) is 15.0. The Hall–Kier alpha value is -6.42. The van der Waals surface area contributed by atoms with E-state index in [0.717, 1.165) is 11.4 Å². The molecule has 1 aliphatic carbocycles. The van der Waals surface area contributed by atoms with Crippen LogP contribution in [0.5, 0.6) is 0 Å². The van der Waals surface area contributed by atoms with E-state index >= 15 is 0 Å². The minimum absolute atomic E-state index is 0.0383. The van der Waals surface area contributed by atoms with E-state index in [9.17, 15) is 0 Å². The van der Waals surface area contributed by atoms with Crippen molar-refractivity contribution in [2.75, 3.05) is 4.90 Å². The number of thiophene rings is 1. The van der Waals surface area contributed by atoms with Gasteiger partial charge in [-0.05, 0) is 94.0 Å². The highest BCUT2D eigenvalue weighted by Crippen LogP contribution is 2.52. The average molecular weight is 709 g/mol. The molecule has 0 fully saturated rings. The molecule has 0 unspecified atom stereocenters. The maximum atomic E-state index is 2.45. The van der Waals surface area contributed by atoms with E-state index in [2.05, 4.69) is 205 Å². The van der Waals surface area contributed by atoms with Crippen molar-refractivity contribution < 1.29 is 0 Å². The zero-order valence-electron chi connectivity index (χ0n) is 30.1. The van der Waals surface area contributed by atoms with E-state index in [1.807, 2.05) is 11.3 Å². The Morgan fingerprint density at radius 1 is 0.444 bits per heavy atom. The normalized spacial score (nSPS) is 13.1. The SMILES string of the molecule is CC1(C)c2ccccc2-c2cc(N(c3ccccc3)c3cccc4c3sc3c(-c5ccc6c(c5)c5ccccc5n6-c5ccccc5)cccc34)ccc21. The number of aromatic nitrogens is 1. The Morgan fingerprint density at radius 3 is 1.94 bits per heavy atom. The summed E-state index contributed by atoms with van der Waals surface area (Å²) >= 11 is 1.91. The van der Waals surface area contributed by atoms with Gasteiger partial charge in [-0.25, -0.2) is 0 Å². The standard InChI is InChI=1S/C51H36N2S/c1-51(2)44-24-11-9-19-38(44)42-32-36(28-29-45(42)51)52(34-15-5-3-6-16-34)48-26-14-23-41-40-22-13-21-37(49(40)54-50(41)48)33-27-30-47-43(31-33)39-20-10-12-25-46(39)53(47)35-17-7-4-8-18-35/h3-32H,1-2H3. The molecule has 8 aromatic carbocycles. The van der Waals surface area contributed by atoms with Crippen molar-refractivity contribution >= 4 is 70.4 Å². The lowest BCUT2D eigenvalue weighted by Crippen LogP contribution is -2.15. The van der Waals surface area contributed by atoms with E-state index in [1.165, 1.54) is 86.7 Å². The lowest BCUT2D eigenvalue weighted by molar-refractivity contribution is 0.660. The van der Waals surface area contributed by atoms with Gasteiger partial charge in [0.15, 0.2) is 0 Å². The van der Waals surface area contributed by atoms with Crippen LogP contribution in [0.4, 0.5) is 17.1 Å². The van der Waals surface area contributed by atoms with Crippen LogP contribution >= 0.6 is 11.3 Å². The van der Waals surface area contributed by atoms with Gasteiger partial charge in [0.2, 0.25) is 0 Å². The molecule has 54 heavy (non-hydrogen) atoms. The molecule has 1 aliphatic rings. The Bertz CT molecular complexity index is 3080. The van der Waals surface area contributed by atoms with Gasteiger partial charge < -0.3 is 9.47 Å². The van der Waals surface area contributed by atoms with Crippen LogP contribution in [0.1, 0.15) is 25.0 Å². The molecule has 2 nitrogen and oxygen atoms in total. The number of hydrogen-bond donors (Lipinski definition) is 0. The predicted octanol–water partition coefficient (Wildman–Crippen LogP) is 14.6. The highest BCUT2D eigenvalue weighted by atomic mass is 32.1. The van der Waals surface area contributed by atoms with E-state index in [0.29, 0.717) is 0 Å². The smallest absolute Gasteiger partial charge is 0.0640 e. The van der Waals surface area contributed by atoms with Crippen molar-refractivity contribution in [3.8, 4) is 27.9 Å². The van der Waals surface area contributed by atoms with Gasteiger partial charge in [0.1, 0.15) is 0 Å². The van der Waals surface area contributed by atoms with Gasteiger partial charge in [-0.3, -0.25) is 0 Å². The zero-order chi connectivity index (χ0) is 36.0. The highest BCUT2D eigenvalue weighted by molar-refractivity contribution is 7.27. The molecule has 2 aromatic heterocycles. The molecule has 0 bridgehead atoms. The first-order chi connectivity index (χ1) is 26.6. The number of hydrogen-bond acceptors (Lipinski definition) is 2. The molecule has 0 spiro atoms. The van der Waals surface area contributed by atoms with E-state index in [-0.39, 0.29) is 5.41 Å². The molecule has 11 rings (SSSR count). The van der Waals surface area contributed by atoms with Gasteiger partial charge in [-0.2, -0.15) is 0 Å². The number of fused-ring (bicyclic) bond motifs is 9. The van der Waals surface area contributed by atoms with Gasteiger partial charge in [0.25, 0.3) is 0 Å². The third-order valence-electron chi connectivity index (χ3n) is 11.6. The van der Waals surface area contributed by atoms with Crippen molar-refractivity contribution in [3.05, 3.63) is 193 Å². The number of benzene rings is 8. The molecule has 10 aromatic rings. The van der Waals surface area contributed by atoms with Crippen molar-refractivity contribution in [1.29, 1.82) is 0 Å². The van der Waals surface area contributed by atoms with Gasteiger partial charge in [-0.15, -0.1) is 11.3 Å². The van der Waals surface area contributed by atoms with Crippen molar-refractivity contribution in [2.45, 2.75) is 19.3 Å². The van der Waals surface area contributed by atoms with Crippen molar-refractivity contribution in [2.24, 2.45) is 0 Å². The second-order valence-electron chi connectivity index (χ2n) is 14.9. The monoisotopic (exact) mass is 708 g/mol. The van der Waals surface area contributed by atoms with Gasteiger partial charge in [0.05, 0.1) is 21.4 Å². The highest BCUT2D eigenvalue weighted by Gasteiger charge is 2.35. The summed E-state index contributed by atoms with van der Waals surface area (Å²) in [5.74, 6) is 0. The Kier molecular flexibility index (Phi) is 6.80. The number of nitrogens with zero attached hydrogens (tertiary/aromatic N) is 2. The molecule has 0 radical (unpaired) electrons. The summed E-state index contributed by atoms with van der Waals surface area (Å²) in [4.78, 5) is 2.45. The summed E-state index contributed by atoms with van der Waals surface area (Å²) in [6.07, 6.45) is 0. The van der Waals surface area contributed by atoms with Crippen LogP contribution in [-0.4, -0.2) is 4.57 Å². The van der Waals surface area contributed by atoms with Crippen LogP contribution in [0, 0.1) is 0 Å². The molecule has 2 heterocycles. The largest absolute Gasteiger partial charge is 0.309 e. The Labute approximate surface area is 318 Å². The van der Waals surface area contributed by atoms with Gasteiger partial charge in [0, 0.05) is 48.7 Å². The number of para-hydroxylation sites is 3. The molecule has 0 amide bonds. The second kappa shape index (κ2) is 11.8. The van der Waals surface area contributed by atoms with E-state index in [4.69, 9.17) is 0 Å². The number of rotatable bonds is 5. The fraction of sp³-hybridized carbons (Fsp3) is 0.0588. The third-order valence-corrected chi connectivity index (χ3v) is 12.9. The van der Waals surface area contributed by atoms with Crippen molar-refractivity contribution in [3.63, 3.8) is 0 Å². The lowest BCUT2D eigenvalue weighted by atomic mass is 9.82. The Morgan fingerprint density at radius 2 is 1.09 bits per heavy atom. The van der Waals surface area contributed by atoms with Crippen LogP contribution in [0.3, 0.4) is 0 Å². The summed E-state index contributed by atoms with van der Waals surface area (Å²) in [5, 5.41) is 5.11. The van der Waals surface area contributed by atoms with E-state index in [1.54, 1.807) is 0 Å². The summed E-state index contributed by atoms with van der Waals surface area (Å²) in [6, 6.07) is 66.9. The van der Waals surface area contributed by atoms with Gasteiger partial charge >= 0.3 is 0 Å². The molecule has 0 saturated heterocycles. The maximum absolute atomic E-state index is 2.45. The molecular weight excluding hydrogens is 673 g/mol. The van der Waals surface area contributed by atoms with Crippen LogP contribution in [0.2, 0.25) is 0 Å². The quantitative estimate of drug-likeness (QED) is 0.173. The van der Waals surface area contributed by atoms with Crippen molar-refractivity contribution in [1.82, 2.24) is 4.57 Å². The third kappa shape index (κ3) is 4.52.